The Morgan fingerprint density at radius 3 is 3.20 bits per heavy atom. The minimum Gasteiger partial charge on any atom is -0.274 e. The molecule has 10 heavy (non-hydrogen) atoms. The summed E-state index contributed by atoms with van der Waals surface area (Å²) in [6, 6.07) is 0.311. The van der Waals surface area contributed by atoms with Crippen LogP contribution in [0.3, 0.4) is 0 Å². The zero-order valence-electron chi connectivity index (χ0n) is 5.84. The minimum atomic E-state index is 0.311. The van der Waals surface area contributed by atoms with Crippen molar-refractivity contribution in [3.8, 4) is 0 Å². The second-order valence-electron chi connectivity index (χ2n) is 2.38. The number of rotatable bonds is 3. The highest BCUT2D eigenvalue weighted by Gasteiger charge is 2.09. The molecule has 3 N–H and O–H groups in total. The number of halogens is 1. The second-order valence-corrected chi connectivity index (χ2v) is 2.60. The molecule has 3 nitrogen and oxygen atoms in total. The van der Waals surface area contributed by atoms with Crippen molar-refractivity contribution in [1.29, 1.82) is 0 Å². The summed E-state index contributed by atoms with van der Waals surface area (Å²) in [6.45, 7) is 2.03. The van der Waals surface area contributed by atoms with Crippen molar-refractivity contribution >= 4 is 18.1 Å². The Balaban J connectivity index is 2.26. The largest absolute Gasteiger partial charge is 0.274 e. The molecule has 1 rings (SSSR count). The van der Waals surface area contributed by atoms with Crippen molar-refractivity contribution in [2.75, 3.05) is 0 Å². The first-order valence-electron chi connectivity index (χ1n) is 3.24. The van der Waals surface area contributed by atoms with Gasteiger partial charge in [0.2, 0.25) is 0 Å². The molecular formula is C6H11ClN3+. The highest BCUT2D eigenvalue weighted by Crippen LogP contribution is 1.99. The lowest BCUT2D eigenvalue weighted by molar-refractivity contribution is -0.473. The van der Waals surface area contributed by atoms with Crippen LogP contribution in [0.15, 0.2) is 16.9 Å². The predicted molar refractivity (Wildman–Crippen MR) is 41.6 cm³/mol. The van der Waals surface area contributed by atoms with Gasteiger partial charge in [0, 0.05) is 12.5 Å². The van der Waals surface area contributed by atoms with E-state index in [0.29, 0.717) is 6.04 Å². The fourth-order valence-corrected chi connectivity index (χ4v) is 0.911. The van der Waals surface area contributed by atoms with Crippen LogP contribution in [0.25, 0.3) is 0 Å². The van der Waals surface area contributed by atoms with Gasteiger partial charge in [-0.15, -0.1) is 0 Å². The summed E-state index contributed by atoms with van der Waals surface area (Å²) >= 11 is 5.40. The topological polar surface area (TPSA) is 41.0 Å². The van der Waals surface area contributed by atoms with E-state index < -0.39 is 0 Å². The molecule has 0 saturated carbocycles. The quantitative estimate of drug-likeness (QED) is 0.559. The van der Waals surface area contributed by atoms with Crippen molar-refractivity contribution < 1.29 is 5.32 Å². The smallest absolute Gasteiger partial charge is 0.191 e. The van der Waals surface area contributed by atoms with Crippen LogP contribution in [0.2, 0.25) is 0 Å². The number of hydrogen-bond donors (Lipinski definition) is 2. The third-order valence-electron chi connectivity index (χ3n) is 1.34. The molecule has 0 radical (unpaired) electrons. The fourth-order valence-electron chi connectivity index (χ4n) is 0.833. The average molecular weight is 161 g/mol. The zero-order chi connectivity index (χ0) is 7.40. The fraction of sp³-hybridized carbons (Fsp3) is 0.500. The van der Waals surface area contributed by atoms with E-state index in [2.05, 4.69) is 9.83 Å². The maximum absolute atomic E-state index is 5.40. The first-order valence-corrected chi connectivity index (χ1v) is 3.62. The van der Waals surface area contributed by atoms with Crippen LogP contribution in [0.4, 0.5) is 0 Å². The van der Waals surface area contributed by atoms with Gasteiger partial charge in [-0.25, -0.2) is 9.83 Å². The highest BCUT2D eigenvalue weighted by molar-refractivity contribution is 6.13. The third kappa shape index (κ3) is 2.10. The molecule has 0 spiro atoms. The SMILES string of the molecule is C[C@H](CC1=CN=C[NH2+]1)NCl. The second kappa shape index (κ2) is 3.71. The molecule has 0 saturated heterocycles. The monoisotopic (exact) mass is 160 g/mol. The summed E-state index contributed by atoms with van der Waals surface area (Å²) in [6.07, 6.45) is 4.57. The summed E-state index contributed by atoms with van der Waals surface area (Å²) < 4.78 is 0. The van der Waals surface area contributed by atoms with Crippen molar-refractivity contribution in [1.82, 2.24) is 4.84 Å². The molecule has 0 aromatic heterocycles. The lowest BCUT2D eigenvalue weighted by Crippen LogP contribution is -2.79. The molecule has 0 amide bonds. The molecule has 0 aromatic carbocycles. The van der Waals surface area contributed by atoms with Gasteiger partial charge in [-0.2, -0.15) is 0 Å². The summed E-state index contributed by atoms with van der Waals surface area (Å²) in [5.41, 5.74) is 1.22. The molecule has 4 heteroatoms. The van der Waals surface area contributed by atoms with E-state index in [-0.39, 0.29) is 0 Å². The van der Waals surface area contributed by atoms with Gasteiger partial charge in [0.1, 0.15) is 5.70 Å². The van der Waals surface area contributed by atoms with E-state index in [0.717, 1.165) is 6.42 Å². The van der Waals surface area contributed by atoms with Crippen LogP contribution >= 0.6 is 11.8 Å². The molecule has 1 atom stereocenters. The van der Waals surface area contributed by atoms with Gasteiger partial charge < -0.3 is 0 Å². The summed E-state index contributed by atoms with van der Waals surface area (Å²) in [4.78, 5) is 6.59. The van der Waals surface area contributed by atoms with Gasteiger partial charge in [0.25, 0.3) is 0 Å². The molecule has 0 aliphatic carbocycles. The van der Waals surface area contributed by atoms with Gasteiger partial charge in [0.05, 0.1) is 6.20 Å². The van der Waals surface area contributed by atoms with Crippen molar-refractivity contribution in [3.63, 3.8) is 0 Å². The van der Waals surface area contributed by atoms with E-state index in [1.807, 2.05) is 18.4 Å². The van der Waals surface area contributed by atoms with Crippen LogP contribution in [-0.2, 0) is 0 Å². The van der Waals surface area contributed by atoms with Crippen molar-refractivity contribution in [2.24, 2.45) is 4.99 Å². The van der Waals surface area contributed by atoms with Crippen LogP contribution in [0.1, 0.15) is 13.3 Å². The lowest BCUT2D eigenvalue weighted by atomic mass is 10.2. The number of quaternary nitrogens is 1. The molecule has 0 unspecified atom stereocenters. The lowest BCUT2D eigenvalue weighted by Gasteiger charge is -2.04. The van der Waals surface area contributed by atoms with Crippen LogP contribution in [-0.4, -0.2) is 12.4 Å². The zero-order valence-corrected chi connectivity index (χ0v) is 6.60. The van der Waals surface area contributed by atoms with Crippen LogP contribution in [0, 0.1) is 0 Å². The average Bonchev–Trinajstić information content (AvgIpc) is 2.40. The van der Waals surface area contributed by atoms with Gasteiger partial charge >= 0.3 is 0 Å². The molecule has 0 fully saturated rings. The Bertz CT molecular complexity index is 164. The highest BCUT2D eigenvalue weighted by atomic mass is 35.5. The summed E-state index contributed by atoms with van der Waals surface area (Å²) in [7, 11) is 0. The standard InChI is InChI=1S/C6H10ClN3/c1-5(10-7)2-6-3-8-4-9-6/h3-5,10H,2H2,1H3,(H,8,9)/p+1/t5-/m1/s1. The van der Waals surface area contributed by atoms with Gasteiger partial charge in [-0.3, -0.25) is 5.32 Å². The van der Waals surface area contributed by atoms with E-state index in [1.54, 1.807) is 6.34 Å². The maximum Gasteiger partial charge on any atom is 0.191 e. The first-order chi connectivity index (χ1) is 4.83. The first kappa shape index (κ1) is 7.72. The number of nitrogens with one attached hydrogen (secondary N) is 1. The molecule has 1 heterocycles. The van der Waals surface area contributed by atoms with Crippen LogP contribution in [0.5, 0.6) is 0 Å². The molecule has 56 valence electrons. The Morgan fingerprint density at radius 1 is 1.90 bits per heavy atom. The molecule has 1 aliphatic rings. The molecular weight excluding hydrogens is 150 g/mol. The number of nitrogens with zero attached hydrogens (tertiary/aromatic N) is 1. The van der Waals surface area contributed by atoms with Crippen molar-refractivity contribution in [2.45, 2.75) is 19.4 Å². The molecule has 0 bridgehead atoms. The van der Waals surface area contributed by atoms with E-state index >= 15 is 0 Å². The van der Waals surface area contributed by atoms with Crippen molar-refractivity contribution in [3.05, 3.63) is 11.9 Å². The Hall–Kier alpha value is -0.380. The molecule has 1 aliphatic heterocycles. The predicted octanol–water partition coefficient (Wildman–Crippen LogP) is -0.0449. The van der Waals surface area contributed by atoms with E-state index in [1.165, 1.54) is 5.70 Å². The normalized spacial score (nSPS) is 19.2. The Labute approximate surface area is 65.3 Å². The van der Waals surface area contributed by atoms with Crippen LogP contribution < -0.4 is 10.2 Å². The third-order valence-corrected chi connectivity index (χ3v) is 1.72. The van der Waals surface area contributed by atoms with E-state index in [9.17, 15) is 0 Å². The Kier molecular flexibility index (Phi) is 2.86. The maximum atomic E-state index is 5.40. The summed E-state index contributed by atoms with van der Waals surface area (Å²) in [5, 5.41) is 1.99. The van der Waals surface area contributed by atoms with Gasteiger partial charge in [-0.05, 0) is 18.7 Å². The minimum absolute atomic E-state index is 0.311. The summed E-state index contributed by atoms with van der Waals surface area (Å²) in [5.74, 6) is 0. The van der Waals surface area contributed by atoms with Gasteiger partial charge in [-0.1, -0.05) is 0 Å². The van der Waals surface area contributed by atoms with E-state index in [4.69, 9.17) is 11.8 Å². The number of nitrogens with two attached hydrogens (primary N) is 1. The Morgan fingerprint density at radius 2 is 2.70 bits per heavy atom. The molecule has 0 aromatic rings. The number of hydrogen-bond acceptors (Lipinski definition) is 2. The van der Waals surface area contributed by atoms with Gasteiger partial charge in [0.15, 0.2) is 6.34 Å². The number of aliphatic imine (C=N–C) groups is 1.